The summed E-state index contributed by atoms with van der Waals surface area (Å²) in [5, 5.41) is 0.255. The van der Waals surface area contributed by atoms with Gasteiger partial charge in [0.2, 0.25) is 0 Å². The van der Waals surface area contributed by atoms with Crippen molar-refractivity contribution in [3.05, 3.63) is 29.6 Å². The highest BCUT2D eigenvalue weighted by molar-refractivity contribution is 6.21. The SMILES string of the molecule is Cc1cc(F)ccc1OC1CC(Cl)C12CCCC2. The van der Waals surface area contributed by atoms with Gasteiger partial charge in [-0.3, -0.25) is 0 Å². The van der Waals surface area contributed by atoms with Crippen molar-refractivity contribution in [1.82, 2.24) is 0 Å². The summed E-state index contributed by atoms with van der Waals surface area (Å²) in [5.41, 5.74) is 1.05. The Morgan fingerprint density at radius 2 is 2.06 bits per heavy atom. The van der Waals surface area contributed by atoms with Crippen LogP contribution in [-0.2, 0) is 0 Å². The van der Waals surface area contributed by atoms with Crippen LogP contribution in [0.4, 0.5) is 4.39 Å². The number of hydrogen-bond donors (Lipinski definition) is 0. The second-order valence-electron chi connectivity index (χ2n) is 5.66. The molecule has 0 radical (unpaired) electrons. The van der Waals surface area contributed by atoms with E-state index >= 15 is 0 Å². The van der Waals surface area contributed by atoms with E-state index in [1.165, 1.54) is 37.8 Å². The quantitative estimate of drug-likeness (QED) is 0.720. The summed E-state index contributed by atoms with van der Waals surface area (Å²) in [6, 6.07) is 4.71. The number of rotatable bonds is 2. The molecule has 0 heterocycles. The third-order valence-electron chi connectivity index (χ3n) is 4.63. The maximum Gasteiger partial charge on any atom is 0.123 e. The first kappa shape index (κ1) is 12.3. The number of halogens is 2. The van der Waals surface area contributed by atoms with E-state index < -0.39 is 0 Å². The van der Waals surface area contributed by atoms with Crippen LogP contribution in [0.3, 0.4) is 0 Å². The average Bonchev–Trinajstić information content (AvgIpc) is 2.83. The van der Waals surface area contributed by atoms with Crippen molar-refractivity contribution in [2.75, 3.05) is 0 Å². The minimum atomic E-state index is -0.209. The van der Waals surface area contributed by atoms with Crippen LogP contribution in [0, 0.1) is 18.2 Å². The number of alkyl halides is 1. The molecule has 2 saturated carbocycles. The van der Waals surface area contributed by atoms with Gasteiger partial charge in [0.05, 0.1) is 0 Å². The van der Waals surface area contributed by atoms with Crippen LogP contribution in [0.15, 0.2) is 18.2 Å². The molecule has 1 aromatic carbocycles. The molecule has 2 unspecified atom stereocenters. The minimum absolute atomic E-state index is 0.183. The molecular weight excluding hydrogens is 251 g/mol. The van der Waals surface area contributed by atoms with Gasteiger partial charge in [-0.2, -0.15) is 0 Å². The summed E-state index contributed by atoms with van der Waals surface area (Å²) in [5.74, 6) is 0.593. The Hall–Kier alpha value is -0.760. The highest BCUT2D eigenvalue weighted by Gasteiger charge is 2.57. The fraction of sp³-hybridized carbons (Fsp3) is 0.600. The molecular formula is C15H18ClFO. The lowest BCUT2D eigenvalue weighted by atomic mass is 9.64. The smallest absolute Gasteiger partial charge is 0.123 e. The van der Waals surface area contributed by atoms with E-state index in [0.717, 1.165) is 17.7 Å². The summed E-state index contributed by atoms with van der Waals surface area (Å²) in [6.45, 7) is 1.89. The van der Waals surface area contributed by atoms with Gasteiger partial charge < -0.3 is 4.74 Å². The maximum absolute atomic E-state index is 13.1. The molecule has 2 atom stereocenters. The van der Waals surface area contributed by atoms with Gasteiger partial charge in [-0.1, -0.05) is 12.8 Å². The summed E-state index contributed by atoms with van der Waals surface area (Å²) in [7, 11) is 0. The fourth-order valence-corrected chi connectivity index (χ4v) is 3.95. The predicted octanol–water partition coefficient (Wildman–Crippen LogP) is 4.45. The van der Waals surface area contributed by atoms with Crippen molar-refractivity contribution >= 4 is 11.6 Å². The molecule has 2 aliphatic carbocycles. The Bertz CT molecular complexity index is 454. The van der Waals surface area contributed by atoms with Crippen LogP contribution in [0.1, 0.15) is 37.7 Å². The van der Waals surface area contributed by atoms with Gasteiger partial charge in [0.25, 0.3) is 0 Å². The molecule has 3 heteroatoms. The van der Waals surface area contributed by atoms with Crippen LogP contribution in [0.2, 0.25) is 0 Å². The molecule has 0 bridgehead atoms. The van der Waals surface area contributed by atoms with Gasteiger partial charge >= 0.3 is 0 Å². The van der Waals surface area contributed by atoms with Gasteiger partial charge in [0, 0.05) is 17.2 Å². The molecule has 1 nitrogen and oxygen atoms in total. The molecule has 0 aliphatic heterocycles. The van der Waals surface area contributed by atoms with E-state index in [-0.39, 0.29) is 22.7 Å². The minimum Gasteiger partial charge on any atom is -0.489 e. The van der Waals surface area contributed by atoms with E-state index in [1.807, 2.05) is 6.92 Å². The normalized spacial score (nSPS) is 29.3. The van der Waals surface area contributed by atoms with E-state index in [0.29, 0.717) is 0 Å². The summed E-state index contributed by atoms with van der Waals surface area (Å²) in [4.78, 5) is 0. The topological polar surface area (TPSA) is 9.23 Å². The lowest BCUT2D eigenvalue weighted by Crippen LogP contribution is -2.55. The van der Waals surface area contributed by atoms with Crippen molar-refractivity contribution in [1.29, 1.82) is 0 Å². The number of benzene rings is 1. The van der Waals surface area contributed by atoms with E-state index in [9.17, 15) is 4.39 Å². The first-order valence-corrected chi connectivity index (χ1v) is 7.12. The third-order valence-corrected chi connectivity index (χ3v) is 5.24. The number of aryl methyl sites for hydroxylation is 1. The molecule has 1 spiro atoms. The molecule has 0 saturated heterocycles. The van der Waals surface area contributed by atoms with E-state index in [2.05, 4.69) is 0 Å². The van der Waals surface area contributed by atoms with Crippen LogP contribution < -0.4 is 4.74 Å². The molecule has 0 aromatic heterocycles. The Balaban J connectivity index is 1.77. The van der Waals surface area contributed by atoms with Gasteiger partial charge in [-0.25, -0.2) is 4.39 Å². The van der Waals surface area contributed by atoms with Crippen LogP contribution >= 0.6 is 11.6 Å². The zero-order chi connectivity index (χ0) is 12.8. The van der Waals surface area contributed by atoms with Crippen LogP contribution in [0.25, 0.3) is 0 Å². The predicted molar refractivity (Wildman–Crippen MR) is 70.7 cm³/mol. The van der Waals surface area contributed by atoms with Gasteiger partial charge in [0.15, 0.2) is 0 Å². The Labute approximate surface area is 112 Å². The molecule has 1 aromatic rings. The van der Waals surface area contributed by atoms with Crippen molar-refractivity contribution in [2.45, 2.75) is 50.5 Å². The molecule has 3 rings (SSSR count). The molecule has 0 N–H and O–H groups in total. The lowest BCUT2D eigenvalue weighted by molar-refractivity contribution is -0.0359. The standard InChI is InChI=1S/C15H18ClFO/c1-10-8-11(17)4-5-12(10)18-14-9-13(16)15(14)6-2-3-7-15/h4-5,8,13-14H,2-3,6-7,9H2,1H3. The first-order chi connectivity index (χ1) is 8.62. The number of ether oxygens (including phenoxy) is 1. The molecule has 98 valence electrons. The largest absolute Gasteiger partial charge is 0.489 e. The zero-order valence-corrected chi connectivity index (χ0v) is 11.3. The second kappa shape index (κ2) is 4.41. The van der Waals surface area contributed by atoms with Crippen molar-refractivity contribution in [2.24, 2.45) is 5.41 Å². The van der Waals surface area contributed by atoms with E-state index in [4.69, 9.17) is 16.3 Å². The van der Waals surface area contributed by atoms with Crippen molar-refractivity contribution < 1.29 is 9.13 Å². The summed E-state index contributed by atoms with van der Waals surface area (Å²) < 4.78 is 19.2. The van der Waals surface area contributed by atoms with Gasteiger partial charge in [-0.05, 0) is 43.5 Å². The second-order valence-corrected chi connectivity index (χ2v) is 6.19. The Morgan fingerprint density at radius 1 is 1.33 bits per heavy atom. The molecule has 2 fully saturated rings. The van der Waals surface area contributed by atoms with Crippen molar-refractivity contribution in [3.63, 3.8) is 0 Å². The van der Waals surface area contributed by atoms with Crippen LogP contribution in [0.5, 0.6) is 5.75 Å². The fourth-order valence-electron chi connectivity index (χ4n) is 3.43. The van der Waals surface area contributed by atoms with Gasteiger partial charge in [0.1, 0.15) is 17.7 Å². The highest BCUT2D eigenvalue weighted by atomic mass is 35.5. The van der Waals surface area contributed by atoms with Gasteiger partial charge in [-0.15, -0.1) is 11.6 Å². The van der Waals surface area contributed by atoms with Crippen molar-refractivity contribution in [3.8, 4) is 5.75 Å². The number of hydrogen-bond acceptors (Lipinski definition) is 1. The molecule has 18 heavy (non-hydrogen) atoms. The Morgan fingerprint density at radius 3 is 2.67 bits per heavy atom. The van der Waals surface area contributed by atoms with E-state index in [1.54, 1.807) is 6.07 Å². The average molecular weight is 269 g/mol. The zero-order valence-electron chi connectivity index (χ0n) is 10.6. The third kappa shape index (κ3) is 1.82. The van der Waals surface area contributed by atoms with Crippen LogP contribution in [-0.4, -0.2) is 11.5 Å². The lowest BCUT2D eigenvalue weighted by Gasteiger charge is -2.51. The Kier molecular flexibility index (Phi) is 3.01. The molecule has 2 aliphatic rings. The maximum atomic E-state index is 13.1. The highest BCUT2D eigenvalue weighted by Crippen LogP contribution is 2.57. The first-order valence-electron chi connectivity index (χ1n) is 6.69. The monoisotopic (exact) mass is 268 g/mol. The molecule has 0 amide bonds. The summed E-state index contributed by atoms with van der Waals surface area (Å²) in [6.07, 6.45) is 5.99. The summed E-state index contributed by atoms with van der Waals surface area (Å²) >= 11 is 6.40.